The van der Waals surface area contributed by atoms with Crippen LogP contribution in [-0.4, -0.2) is 30.9 Å². The van der Waals surface area contributed by atoms with Gasteiger partial charge in [-0.2, -0.15) is 0 Å². The number of fused-ring (bicyclic) bond motifs is 1. The Morgan fingerprint density at radius 2 is 1.71 bits per heavy atom. The number of ether oxygens (including phenoxy) is 1. The molecule has 3 rings (SSSR count). The van der Waals surface area contributed by atoms with Crippen molar-refractivity contribution in [3.8, 4) is 0 Å². The average molecular weight is 476 g/mol. The number of unbranched alkanes of at least 4 members (excludes halogenated alkanes) is 2. The van der Waals surface area contributed by atoms with E-state index < -0.39 is 5.97 Å². The van der Waals surface area contributed by atoms with Crippen molar-refractivity contribution in [3.63, 3.8) is 0 Å². The molecule has 0 saturated heterocycles. The predicted molar refractivity (Wildman–Crippen MR) is 142 cm³/mol. The number of rotatable bonds is 13. The second-order valence-corrected chi connectivity index (χ2v) is 9.08. The minimum absolute atomic E-state index is 0.0963. The smallest absolute Gasteiger partial charge is 0.338 e. The zero-order valence-electron chi connectivity index (χ0n) is 21.4. The van der Waals surface area contributed by atoms with Crippen molar-refractivity contribution >= 4 is 28.8 Å². The lowest BCUT2D eigenvalue weighted by molar-refractivity contribution is 0.0378. The maximum absolute atomic E-state index is 13.6. The number of ketones is 1. The Morgan fingerprint density at radius 1 is 1.00 bits per heavy atom. The standard InChI is InChI=1S/C30H37NO4/c1-5-7-11-27-28(25-20-24(16-17-26(25)35-27)30(33)34-21(3)4)29(32)23-14-12-22(13-15-23)10-9-19-31-18-8-6-2/h9-10,12-17,20-21,31H,5-8,11,18-19H2,1-4H3. The highest BCUT2D eigenvalue weighted by atomic mass is 16.5. The van der Waals surface area contributed by atoms with Crippen LogP contribution in [0.15, 0.2) is 53.0 Å². The summed E-state index contributed by atoms with van der Waals surface area (Å²) in [5, 5.41) is 4.04. The molecular formula is C30H37NO4. The van der Waals surface area contributed by atoms with Gasteiger partial charge in [0.15, 0.2) is 5.78 Å². The van der Waals surface area contributed by atoms with Crippen molar-refractivity contribution in [1.82, 2.24) is 5.32 Å². The Labute approximate surface area is 208 Å². The molecule has 0 radical (unpaired) electrons. The highest BCUT2D eigenvalue weighted by Crippen LogP contribution is 2.31. The Kier molecular flexibility index (Phi) is 9.86. The van der Waals surface area contributed by atoms with Crippen LogP contribution in [0.1, 0.15) is 91.0 Å². The van der Waals surface area contributed by atoms with Gasteiger partial charge in [0.25, 0.3) is 0 Å². The van der Waals surface area contributed by atoms with Crippen LogP contribution in [0.4, 0.5) is 0 Å². The number of aryl methyl sites for hydroxylation is 1. The number of benzene rings is 2. The fourth-order valence-electron chi connectivity index (χ4n) is 3.89. The molecule has 0 bridgehead atoms. The lowest BCUT2D eigenvalue weighted by Gasteiger charge is -2.08. The molecule has 2 aromatic carbocycles. The molecule has 0 aliphatic carbocycles. The second kappa shape index (κ2) is 13.1. The molecule has 0 spiro atoms. The third-order valence-corrected chi connectivity index (χ3v) is 5.78. The lowest BCUT2D eigenvalue weighted by atomic mass is 9.97. The molecule has 5 heteroatoms. The summed E-state index contributed by atoms with van der Waals surface area (Å²) in [4.78, 5) is 26.1. The van der Waals surface area contributed by atoms with Gasteiger partial charge in [-0.15, -0.1) is 0 Å². The van der Waals surface area contributed by atoms with Crippen LogP contribution in [0.25, 0.3) is 17.0 Å². The monoisotopic (exact) mass is 475 g/mol. The first-order chi connectivity index (χ1) is 16.9. The van der Waals surface area contributed by atoms with Gasteiger partial charge in [-0.1, -0.05) is 63.1 Å². The van der Waals surface area contributed by atoms with Crippen molar-refractivity contribution < 1.29 is 18.7 Å². The quantitative estimate of drug-likeness (QED) is 0.164. The van der Waals surface area contributed by atoms with Crippen LogP contribution in [0, 0.1) is 0 Å². The first-order valence-electron chi connectivity index (χ1n) is 12.7. The topological polar surface area (TPSA) is 68.5 Å². The van der Waals surface area contributed by atoms with Gasteiger partial charge in [-0.25, -0.2) is 4.79 Å². The Morgan fingerprint density at radius 3 is 2.40 bits per heavy atom. The molecule has 1 N–H and O–H groups in total. The first-order valence-corrected chi connectivity index (χ1v) is 12.7. The van der Waals surface area contributed by atoms with E-state index in [-0.39, 0.29) is 11.9 Å². The van der Waals surface area contributed by atoms with E-state index in [1.807, 2.05) is 38.1 Å². The summed E-state index contributed by atoms with van der Waals surface area (Å²) in [5.41, 5.74) is 3.20. The zero-order chi connectivity index (χ0) is 25.2. The minimum Gasteiger partial charge on any atom is -0.460 e. The number of esters is 1. The number of hydrogen-bond donors (Lipinski definition) is 1. The SMILES string of the molecule is CCCCNCC=Cc1ccc(C(=O)c2c(CCCC)oc3ccc(C(=O)OC(C)C)cc23)cc1. The number of hydrogen-bond acceptors (Lipinski definition) is 5. The summed E-state index contributed by atoms with van der Waals surface area (Å²) >= 11 is 0. The molecule has 0 amide bonds. The Balaban J connectivity index is 1.87. The number of carbonyl (C=O) groups excluding carboxylic acids is 2. The molecule has 1 aromatic heterocycles. The van der Waals surface area contributed by atoms with Crippen LogP contribution < -0.4 is 5.32 Å². The van der Waals surface area contributed by atoms with E-state index >= 15 is 0 Å². The van der Waals surface area contributed by atoms with Gasteiger partial charge in [0.1, 0.15) is 11.3 Å². The van der Waals surface area contributed by atoms with Gasteiger partial charge in [0.05, 0.1) is 17.2 Å². The highest BCUT2D eigenvalue weighted by molar-refractivity contribution is 6.17. The Hall–Kier alpha value is -3.18. The molecule has 0 atom stereocenters. The molecular weight excluding hydrogens is 438 g/mol. The lowest BCUT2D eigenvalue weighted by Crippen LogP contribution is -2.14. The van der Waals surface area contributed by atoms with Crippen LogP contribution >= 0.6 is 0 Å². The molecule has 0 aliphatic heterocycles. The summed E-state index contributed by atoms with van der Waals surface area (Å²) in [6.45, 7) is 9.76. The maximum Gasteiger partial charge on any atom is 0.338 e. The molecule has 1 heterocycles. The molecule has 0 unspecified atom stereocenters. The fourth-order valence-corrected chi connectivity index (χ4v) is 3.89. The van der Waals surface area contributed by atoms with E-state index in [1.54, 1.807) is 18.2 Å². The normalized spacial score (nSPS) is 11.6. The molecule has 35 heavy (non-hydrogen) atoms. The minimum atomic E-state index is -0.406. The number of furan rings is 1. The summed E-state index contributed by atoms with van der Waals surface area (Å²) in [6.07, 6.45) is 8.86. The summed E-state index contributed by atoms with van der Waals surface area (Å²) in [7, 11) is 0. The van der Waals surface area contributed by atoms with E-state index in [4.69, 9.17) is 9.15 Å². The number of nitrogens with one attached hydrogen (secondary N) is 1. The zero-order valence-corrected chi connectivity index (χ0v) is 21.4. The van der Waals surface area contributed by atoms with Gasteiger partial charge in [-0.3, -0.25) is 4.79 Å². The third kappa shape index (κ3) is 7.15. The molecule has 0 fully saturated rings. The van der Waals surface area contributed by atoms with E-state index in [0.29, 0.717) is 39.8 Å². The summed E-state index contributed by atoms with van der Waals surface area (Å²) in [6, 6.07) is 12.8. The average Bonchev–Trinajstić information content (AvgIpc) is 3.21. The van der Waals surface area contributed by atoms with E-state index in [9.17, 15) is 9.59 Å². The maximum atomic E-state index is 13.6. The van der Waals surface area contributed by atoms with Crippen LogP contribution in [0.3, 0.4) is 0 Å². The van der Waals surface area contributed by atoms with Crippen LogP contribution in [-0.2, 0) is 11.2 Å². The van der Waals surface area contributed by atoms with Crippen molar-refractivity contribution in [1.29, 1.82) is 0 Å². The molecule has 0 saturated carbocycles. The van der Waals surface area contributed by atoms with Gasteiger partial charge < -0.3 is 14.5 Å². The van der Waals surface area contributed by atoms with Crippen molar-refractivity contribution in [2.75, 3.05) is 13.1 Å². The molecule has 3 aromatic rings. The summed E-state index contributed by atoms with van der Waals surface area (Å²) in [5.74, 6) is 0.168. The Bertz CT molecular complexity index is 1160. The van der Waals surface area contributed by atoms with Crippen molar-refractivity contribution in [2.45, 2.75) is 65.9 Å². The third-order valence-electron chi connectivity index (χ3n) is 5.78. The van der Waals surface area contributed by atoms with Gasteiger partial charge >= 0.3 is 5.97 Å². The van der Waals surface area contributed by atoms with E-state index in [2.05, 4.69) is 31.3 Å². The summed E-state index contributed by atoms with van der Waals surface area (Å²) < 4.78 is 11.4. The predicted octanol–water partition coefficient (Wildman–Crippen LogP) is 6.97. The number of carbonyl (C=O) groups is 2. The van der Waals surface area contributed by atoms with Gasteiger partial charge in [0, 0.05) is 23.9 Å². The van der Waals surface area contributed by atoms with Crippen LogP contribution in [0.2, 0.25) is 0 Å². The second-order valence-electron chi connectivity index (χ2n) is 9.08. The van der Waals surface area contributed by atoms with Crippen molar-refractivity contribution in [3.05, 3.63) is 76.6 Å². The largest absolute Gasteiger partial charge is 0.460 e. The molecule has 5 nitrogen and oxygen atoms in total. The molecule has 186 valence electrons. The fraction of sp³-hybridized carbons (Fsp3) is 0.400. The van der Waals surface area contributed by atoms with Crippen molar-refractivity contribution in [2.24, 2.45) is 0 Å². The van der Waals surface area contributed by atoms with Gasteiger partial charge in [-0.05, 0) is 57.0 Å². The van der Waals surface area contributed by atoms with E-state index in [1.165, 1.54) is 12.8 Å². The molecule has 0 aliphatic rings. The highest BCUT2D eigenvalue weighted by Gasteiger charge is 2.23. The van der Waals surface area contributed by atoms with Crippen LogP contribution in [0.5, 0.6) is 0 Å². The van der Waals surface area contributed by atoms with E-state index in [0.717, 1.165) is 31.5 Å². The first kappa shape index (κ1) is 26.4. The van der Waals surface area contributed by atoms with Gasteiger partial charge in [0.2, 0.25) is 0 Å².